The van der Waals surface area contributed by atoms with Crippen molar-refractivity contribution in [2.24, 2.45) is 63.1 Å². The number of hydrogen-bond acceptors (Lipinski definition) is 0. The minimum absolute atomic E-state index is 0. The van der Waals surface area contributed by atoms with Gasteiger partial charge in [0.25, 0.3) is 0 Å². The second kappa shape index (κ2) is 14.6. The van der Waals surface area contributed by atoms with Crippen molar-refractivity contribution in [3.63, 3.8) is 0 Å². The van der Waals surface area contributed by atoms with Crippen molar-refractivity contribution in [3.8, 4) is 0 Å². The molecule has 334 valence electrons. The van der Waals surface area contributed by atoms with Crippen LogP contribution in [-0.2, 0) is 24.7 Å². The van der Waals surface area contributed by atoms with E-state index in [0.29, 0.717) is 17.8 Å². The maximum atomic E-state index is 6.44. The summed E-state index contributed by atoms with van der Waals surface area (Å²) < 4.78 is 11.0. The first-order chi connectivity index (χ1) is 28.8. The van der Waals surface area contributed by atoms with Crippen LogP contribution in [0.5, 0.6) is 0 Å². The molecule has 5 saturated carbocycles. The summed E-state index contributed by atoms with van der Waals surface area (Å²) in [5, 5.41) is 0. The van der Waals surface area contributed by atoms with E-state index in [1.165, 1.54) is 60.8 Å². The molecule has 0 amide bonds. The van der Waals surface area contributed by atoms with E-state index < -0.39 is 18.3 Å². The van der Waals surface area contributed by atoms with E-state index in [1.807, 2.05) is 0 Å². The number of allylic oxidation sites excluding steroid dienone is 10. The van der Waals surface area contributed by atoms with Gasteiger partial charge < -0.3 is 0 Å². The summed E-state index contributed by atoms with van der Waals surface area (Å²) >= 11 is -5.43. The maximum absolute atomic E-state index is 6.44. The summed E-state index contributed by atoms with van der Waals surface area (Å²) in [7, 11) is 0. The summed E-state index contributed by atoms with van der Waals surface area (Å²) in [6.45, 7) is 29.2. The predicted octanol–water partition coefficient (Wildman–Crippen LogP) is 15.3. The van der Waals surface area contributed by atoms with E-state index in [0.717, 1.165) is 36.5 Å². The summed E-state index contributed by atoms with van der Waals surface area (Å²) in [5.74, 6) is 5.12. The van der Waals surface area contributed by atoms with Gasteiger partial charge in [0.2, 0.25) is 0 Å². The fourth-order valence-electron chi connectivity index (χ4n) is 18.2. The van der Waals surface area contributed by atoms with Gasteiger partial charge in [-0.15, -0.1) is 24.8 Å². The average Bonchev–Trinajstić information content (AvgIpc) is 3.81. The number of fused-ring (bicyclic) bond motifs is 6. The normalized spacial score (nSPS) is 35.1. The standard InChI is InChI=1S/C29H37.C16H21.2C7H7.CH2.2ClH.Zr/c1-18-25-22-17-19-13-9-10-14-20(19)24(22)21-15-11-12-16-23(21)29(25,8)28(6,7)27(4,5)26(18,2)3;1-10-2-3-13(4-10)16-14-6-11-5-12(8-14)9-15(16)7-11;2*1-7-5-3-2-4-6-7;;;;/h9-11,13-15,23H,12,16-17H2,1-8H3;3-4,10-12,14-16H,5-9H2,1H3;2*3-6H,1H3;1H2;2*1H;. The Balaban J connectivity index is 0.00000252. The molecule has 0 nitrogen and oxygen atoms in total. The molecule has 9 aliphatic rings. The first kappa shape index (κ1) is 45.8. The number of aryl methyl sites for hydroxylation is 2. The van der Waals surface area contributed by atoms with Gasteiger partial charge in [0.05, 0.1) is 0 Å². The molecule has 63 heavy (non-hydrogen) atoms. The van der Waals surface area contributed by atoms with Crippen LogP contribution < -0.4 is 6.54 Å². The number of hydrogen-bond donors (Lipinski definition) is 0. The van der Waals surface area contributed by atoms with Crippen molar-refractivity contribution in [1.82, 2.24) is 0 Å². The van der Waals surface area contributed by atoms with Crippen LogP contribution in [0.25, 0.3) is 5.57 Å². The predicted molar refractivity (Wildman–Crippen MR) is 273 cm³/mol. The monoisotopic (exact) mass is 956 g/mol. The Labute approximate surface area is 395 Å². The van der Waals surface area contributed by atoms with Gasteiger partial charge in [0, 0.05) is 0 Å². The van der Waals surface area contributed by atoms with Crippen molar-refractivity contribution >= 4 is 41.1 Å². The van der Waals surface area contributed by atoms with Crippen LogP contribution in [0.2, 0.25) is 3.12 Å². The summed E-state index contributed by atoms with van der Waals surface area (Å²) in [6, 6.07) is 29.8. The van der Waals surface area contributed by atoms with Gasteiger partial charge in [0.15, 0.2) is 0 Å². The molecular weight excluding hydrogens is 883 g/mol. The summed E-state index contributed by atoms with van der Waals surface area (Å²) in [5.41, 5.74) is 13.7. The van der Waals surface area contributed by atoms with Crippen LogP contribution in [0, 0.1) is 76.9 Å². The van der Waals surface area contributed by atoms with E-state index in [9.17, 15) is 0 Å². The molecule has 9 aliphatic carbocycles. The number of halogens is 2. The molecule has 0 saturated heterocycles. The summed E-state index contributed by atoms with van der Waals surface area (Å²) in [6.07, 6.45) is 21.5. The number of rotatable bonds is 5. The Kier molecular flexibility index (Phi) is 10.6. The Morgan fingerprint density at radius 2 is 1.22 bits per heavy atom. The molecule has 4 unspecified atom stereocenters. The van der Waals surface area contributed by atoms with Crippen molar-refractivity contribution < 1.29 is 18.3 Å². The molecule has 0 aromatic heterocycles. The minimum atomic E-state index is -5.43. The number of benzene rings is 3. The van der Waals surface area contributed by atoms with Crippen LogP contribution in [0.15, 0.2) is 123 Å². The quantitative estimate of drug-likeness (QED) is 0.239. The molecule has 0 heterocycles. The fraction of sp³-hybridized carbons (Fsp3) is 0.517. The molecule has 3 heteroatoms. The Bertz CT molecular complexity index is 2540. The van der Waals surface area contributed by atoms with Crippen molar-refractivity contribution in [2.75, 3.05) is 0 Å². The van der Waals surface area contributed by atoms with Gasteiger partial charge in [-0.25, -0.2) is 0 Å². The van der Waals surface area contributed by atoms with Gasteiger partial charge in [-0.1, -0.05) is 0 Å². The second-order valence-electron chi connectivity index (χ2n) is 24.5. The first-order valence-electron chi connectivity index (χ1n) is 24.6. The second-order valence-corrected chi connectivity index (χ2v) is 38.3. The average molecular weight is 959 g/mol. The van der Waals surface area contributed by atoms with Crippen molar-refractivity contribution in [3.05, 3.63) is 145 Å². The third-order valence-electron chi connectivity index (χ3n) is 22.2. The van der Waals surface area contributed by atoms with Crippen LogP contribution in [0.3, 0.4) is 0 Å². The van der Waals surface area contributed by atoms with E-state index in [4.69, 9.17) is 4.21 Å². The SMILES string of the molecule is Cl.Cl.[CH2]=[Zr]([C]1=CC(C2C3CC4CC(C3)CC2C4)=CC1C)([c]1ccc(C)cc1)([c]1ccc(C)cc1)[C]1(C)C2=C3Cc4ccccc4C3=C3C=CCCC3C2(C)C(C)(C)C(C)(C)C1(C)C. The van der Waals surface area contributed by atoms with Crippen molar-refractivity contribution in [1.29, 1.82) is 0 Å². The summed E-state index contributed by atoms with van der Waals surface area (Å²) in [4.78, 5) is 0. The fourth-order valence-corrected chi connectivity index (χ4v) is 39.7. The molecule has 0 N–H and O–H groups in total. The van der Waals surface area contributed by atoms with Gasteiger partial charge in [0.1, 0.15) is 0 Å². The third kappa shape index (κ3) is 5.30. The Morgan fingerprint density at radius 3 is 1.79 bits per heavy atom. The van der Waals surface area contributed by atoms with Crippen molar-refractivity contribution in [2.45, 2.75) is 131 Å². The van der Waals surface area contributed by atoms with E-state index in [1.54, 1.807) is 37.7 Å². The zero-order chi connectivity index (χ0) is 42.9. The van der Waals surface area contributed by atoms with Crippen LogP contribution >= 0.6 is 24.8 Å². The van der Waals surface area contributed by atoms with Crippen LogP contribution in [0.1, 0.15) is 130 Å². The van der Waals surface area contributed by atoms with E-state index >= 15 is 0 Å². The molecule has 0 aliphatic heterocycles. The van der Waals surface area contributed by atoms with Crippen LogP contribution in [0.4, 0.5) is 0 Å². The molecule has 3 aromatic rings. The molecule has 12 rings (SSSR count). The molecule has 0 radical (unpaired) electrons. The van der Waals surface area contributed by atoms with Gasteiger partial charge in [-0.2, -0.15) is 0 Å². The molecule has 4 atom stereocenters. The molecule has 3 aromatic carbocycles. The first-order valence-corrected chi connectivity index (χ1v) is 31.3. The van der Waals surface area contributed by atoms with E-state index in [-0.39, 0.29) is 49.6 Å². The molecular formula is C60H76Cl2Zr. The molecule has 0 spiro atoms. The molecule has 4 bridgehead atoms. The Hall–Kier alpha value is -2.31. The zero-order valence-electron chi connectivity index (χ0n) is 40.5. The topological polar surface area (TPSA) is 0 Å². The van der Waals surface area contributed by atoms with Gasteiger partial charge >= 0.3 is 373 Å². The Morgan fingerprint density at radius 1 is 0.667 bits per heavy atom. The van der Waals surface area contributed by atoms with Crippen LogP contribution in [-0.4, -0.2) is 4.21 Å². The third-order valence-corrected chi connectivity index (χ3v) is 42.3. The van der Waals surface area contributed by atoms with Gasteiger partial charge in [-0.3, -0.25) is 0 Å². The van der Waals surface area contributed by atoms with Gasteiger partial charge in [-0.05, 0) is 0 Å². The molecule has 5 fully saturated rings. The zero-order valence-corrected chi connectivity index (χ0v) is 44.6. The van der Waals surface area contributed by atoms with E-state index in [2.05, 4.69) is 173 Å².